The highest BCUT2D eigenvalue weighted by Gasteiger charge is 2.57. The van der Waals surface area contributed by atoms with Gasteiger partial charge in [-0.2, -0.15) is 0 Å². The number of hydrogen-bond donors (Lipinski definition) is 0. The maximum absolute atomic E-state index is 14.3. The van der Waals surface area contributed by atoms with Crippen LogP contribution in [0.3, 0.4) is 0 Å². The van der Waals surface area contributed by atoms with Gasteiger partial charge in [0.2, 0.25) is 5.91 Å². The van der Waals surface area contributed by atoms with Crippen molar-refractivity contribution in [2.45, 2.75) is 83.1 Å². The summed E-state index contributed by atoms with van der Waals surface area (Å²) in [5, 5.41) is -0.490. The van der Waals surface area contributed by atoms with E-state index < -0.39 is 46.4 Å². The van der Waals surface area contributed by atoms with Crippen molar-refractivity contribution in [3.05, 3.63) is 39.2 Å². The predicted molar refractivity (Wildman–Crippen MR) is 156 cm³/mol. The average Bonchev–Trinajstić information content (AvgIpc) is 3.19. The van der Waals surface area contributed by atoms with Gasteiger partial charge >= 0.3 is 12.0 Å². The Hall–Kier alpha value is -2.08. The van der Waals surface area contributed by atoms with Crippen LogP contribution in [0.15, 0.2) is 33.7 Å². The summed E-state index contributed by atoms with van der Waals surface area (Å²) in [6.45, 7) is 11.6. The number of carbonyl (C=O) groups excluding carboxylic acids is 3. The molecule has 4 rings (SSSR count). The first-order chi connectivity index (χ1) is 18.8. The molecule has 0 radical (unpaired) electrons. The number of ether oxygens (including phenoxy) is 4. The van der Waals surface area contributed by atoms with Gasteiger partial charge in [0.05, 0.1) is 29.5 Å². The molecular weight excluding hydrogens is 600 g/mol. The molecule has 3 aliphatic rings. The number of amides is 3. The average molecular weight is 640 g/mol. The van der Waals surface area contributed by atoms with Crippen molar-refractivity contribution in [2.24, 2.45) is 5.92 Å². The molecule has 0 aliphatic carbocycles. The van der Waals surface area contributed by atoms with Crippen molar-refractivity contribution >= 4 is 45.6 Å². The number of nitrogens with zero attached hydrogens (tertiary/aromatic N) is 2. The Morgan fingerprint density at radius 1 is 1.15 bits per heavy atom. The molecule has 0 N–H and O–H groups in total. The van der Waals surface area contributed by atoms with Gasteiger partial charge < -0.3 is 23.8 Å². The molecule has 3 amide bonds. The summed E-state index contributed by atoms with van der Waals surface area (Å²) in [5.74, 6) is -1.04. The van der Waals surface area contributed by atoms with Gasteiger partial charge in [-0.15, -0.1) is 0 Å². The number of methoxy groups -OCH3 is 1. The van der Waals surface area contributed by atoms with Gasteiger partial charge in [0.15, 0.2) is 0 Å². The topological polar surface area (TPSA) is 94.6 Å². The van der Waals surface area contributed by atoms with Crippen molar-refractivity contribution in [1.29, 1.82) is 0 Å². The van der Waals surface area contributed by atoms with E-state index in [0.29, 0.717) is 19.0 Å². The number of fused-ring (bicyclic) bond motifs is 1. The third-order valence-corrected chi connectivity index (χ3v) is 9.83. The van der Waals surface area contributed by atoms with E-state index in [1.54, 1.807) is 46.6 Å². The van der Waals surface area contributed by atoms with Gasteiger partial charge in [-0.25, -0.2) is 14.5 Å². The normalized spacial score (nSPS) is 23.4. The van der Waals surface area contributed by atoms with Gasteiger partial charge in [0.1, 0.15) is 28.4 Å². The molecule has 0 bridgehead atoms. The molecule has 0 spiro atoms. The van der Waals surface area contributed by atoms with Gasteiger partial charge in [0, 0.05) is 18.8 Å². The number of halogens is 1. The van der Waals surface area contributed by atoms with Crippen molar-refractivity contribution < 1.29 is 33.3 Å². The Labute approximate surface area is 249 Å². The van der Waals surface area contributed by atoms with E-state index in [2.05, 4.69) is 15.9 Å². The van der Waals surface area contributed by atoms with E-state index in [0.717, 1.165) is 32.7 Å². The molecular formula is C29H39BrN2O7S. The molecule has 0 aromatic heterocycles. The van der Waals surface area contributed by atoms with Gasteiger partial charge in [-0.05, 0) is 82.0 Å². The molecule has 3 atom stereocenters. The lowest BCUT2D eigenvalue weighted by atomic mass is 9.92. The highest BCUT2D eigenvalue weighted by atomic mass is 79.9. The third kappa shape index (κ3) is 6.22. The predicted octanol–water partition coefficient (Wildman–Crippen LogP) is 5.63. The van der Waals surface area contributed by atoms with Gasteiger partial charge in [-0.3, -0.25) is 4.79 Å². The third-order valence-electron chi connectivity index (χ3n) is 7.35. The molecule has 2 saturated heterocycles. The lowest BCUT2D eigenvalue weighted by Gasteiger charge is -2.48. The van der Waals surface area contributed by atoms with Crippen LogP contribution in [0.25, 0.3) is 0 Å². The zero-order chi connectivity index (χ0) is 29.4. The second kappa shape index (κ2) is 12.0. The summed E-state index contributed by atoms with van der Waals surface area (Å²) < 4.78 is 24.3. The summed E-state index contributed by atoms with van der Waals surface area (Å²) in [6.07, 6.45) is 0.883. The Morgan fingerprint density at radius 3 is 2.42 bits per heavy atom. The first-order valence-corrected chi connectivity index (χ1v) is 15.2. The maximum Gasteiger partial charge on any atom is 0.332 e. The number of esters is 1. The first kappa shape index (κ1) is 30.9. The molecule has 0 saturated carbocycles. The SMILES string of the molecule is COc1ccccc1[C@H](CN1C(=O)N(C(C)(C)C(=O)OC(C)(C)C)C(=O)C2C(C)=C(Br)SC21)OC1CCOCC1. The Kier molecular flexibility index (Phi) is 9.29. The standard InChI is InChI=1S/C29H39BrN2O7S/c1-17-22-24(33)32(29(5,6)26(34)39-28(2,3)4)27(35)31(25(22)40-23(17)30)16-21(38-18-12-14-37-15-13-18)19-10-8-9-11-20(19)36-7/h8-11,18,21-22,25H,12-16H2,1-7H3/t21-,22?,25?/m0/s1. The lowest BCUT2D eigenvalue weighted by Crippen LogP contribution is -2.68. The van der Waals surface area contributed by atoms with Crippen LogP contribution < -0.4 is 4.74 Å². The number of hydrogen-bond acceptors (Lipinski definition) is 8. The van der Waals surface area contributed by atoms with Gasteiger partial charge in [0.25, 0.3) is 0 Å². The Morgan fingerprint density at radius 2 is 1.80 bits per heavy atom. The number of para-hydroxylation sites is 1. The molecule has 1 aromatic carbocycles. The minimum Gasteiger partial charge on any atom is -0.496 e. The van der Waals surface area contributed by atoms with Crippen LogP contribution in [-0.4, -0.2) is 77.2 Å². The number of benzene rings is 1. The summed E-state index contributed by atoms with van der Waals surface area (Å²) in [7, 11) is 1.60. The first-order valence-electron chi connectivity index (χ1n) is 13.5. The minimum absolute atomic E-state index is 0.0573. The lowest BCUT2D eigenvalue weighted by molar-refractivity contribution is -0.171. The van der Waals surface area contributed by atoms with Crippen molar-refractivity contribution in [1.82, 2.24) is 9.80 Å². The summed E-state index contributed by atoms with van der Waals surface area (Å²) in [6, 6.07) is 7.04. The van der Waals surface area contributed by atoms with Crippen LogP contribution in [0, 0.1) is 5.92 Å². The number of imide groups is 1. The van der Waals surface area contributed by atoms with Crippen LogP contribution in [0.4, 0.5) is 4.79 Å². The van der Waals surface area contributed by atoms with E-state index >= 15 is 0 Å². The zero-order valence-corrected chi connectivity index (χ0v) is 26.6. The molecule has 11 heteroatoms. The molecule has 3 aliphatic heterocycles. The number of urea groups is 1. The number of rotatable bonds is 8. The fourth-order valence-corrected chi connectivity index (χ4v) is 7.29. The molecule has 3 heterocycles. The van der Waals surface area contributed by atoms with E-state index in [1.807, 2.05) is 31.2 Å². The summed E-state index contributed by atoms with van der Waals surface area (Å²) >= 11 is 5.03. The fraction of sp³-hybridized carbons (Fsp3) is 0.621. The smallest absolute Gasteiger partial charge is 0.332 e. The van der Waals surface area contributed by atoms with E-state index in [4.69, 9.17) is 18.9 Å². The van der Waals surface area contributed by atoms with Crippen LogP contribution >= 0.6 is 27.7 Å². The van der Waals surface area contributed by atoms with Crippen molar-refractivity contribution in [3.63, 3.8) is 0 Å². The molecule has 9 nitrogen and oxygen atoms in total. The number of carbonyl (C=O) groups is 3. The van der Waals surface area contributed by atoms with Crippen LogP contribution in [0.2, 0.25) is 0 Å². The largest absolute Gasteiger partial charge is 0.496 e. The highest BCUT2D eigenvalue weighted by molar-refractivity contribution is 9.14. The van der Waals surface area contributed by atoms with Crippen LogP contribution in [-0.2, 0) is 23.8 Å². The van der Waals surface area contributed by atoms with Crippen LogP contribution in [0.5, 0.6) is 5.75 Å². The summed E-state index contributed by atoms with van der Waals surface area (Å²) in [4.78, 5) is 44.3. The molecule has 220 valence electrons. The molecule has 40 heavy (non-hydrogen) atoms. The number of thioether (sulfide) groups is 1. The van der Waals surface area contributed by atoms with Crippen molar-refractivity contribution in [3.8, 4) is 5.75 Å². The highest BCUT2D eigenvalue weighted by Crippen LogP contribution is 2.51. The second-order valence-electron chi connectivity index (χ2n) is 11.8. The Bertz CT molecular complexity index is 1180. The quantitative estimate of drug-likeness (QED) is 0.338. The van der Waals surface area contributed by atoms with E-state index in [-0.39, 0.29) is 12.6 Å². The Balaban J connectivity index is 1.74. The maximum atomic E-state index is 14.3. The molecule has 2 unspecified atom stereocenters. The minimum atomic E-state index is -1.54. The van der Waals surface area contributed by atoms with Gasteiger partial charge in [-0.1, -0.05) is 30.0 Å². The zero-order valence-electron chi connectivity index (χ0n) is 24.2. The van der Waals surface area contributed by atoms with E-state index in [1.165, 1.54) is 11.8 Å². The monoisotopic (exact) mass is 638 g/mol. The molecule has 2 fully saturated rings. The van der Waals surface area contributed by atoms with Crippen molar-refractivity contribution in [2.75, 3.05) is 26.9 Å². The second-order valence-corrected chi connectivity index (χ2v) is 14.2. The van der Waals surface area contributed by atoms with Crippen LogP contribution in [0.1, 0.15) is 66.1 Å². The molecule has 1 aromatic rings. The summed E-state index contributed by atoms with van der Waals surface area (Å²) in [5.41, 5.74) is -0.691. The fourth-order valence-electron chi connectivity index (χ4n) is 5.19. The van der Waals surface area contributed by atoms with E-state index in [9.17, 15) is 14.4 Å².